The van der Waals surface area contributed by atoms with Crippen LogP contribution in [0.25, 0.3) is 11.1 Å². The molecule has 130 valence electrons. The second-order valence-electron chi connectivity index (χ2n) is 5.98. The van der Waals surface area contributed by atoms with E-state index < -0.39 is 0 Å². The fourth-order valence-corrected chi connectivity index (χ4v) is 3.17. The Hall–Kier alpha value is -2.89. The number of aryl methyl sites for hydroxylation is 1. The lowest BCUT2D eigenvalue weighted by Crippen LogP contribution is -2.02. The van der Waals surface area contributed by atoms with Gasteiger partial charge in [0.05, 0.1) is 10.7 Å². The summed E-state index contributed by atoms with van der Waals surface area (Å²) in [5, 5.41) is 0.680. The molecule has 3 heteroatoms. The number of ether oxygens (including phenoxy) is 1. The summed E-state index contributed by atoms with van der Waals surface area (Å²) in [6.45, 7) is 2.37. The molecule has 3 aromatic carbocycles. The highest BCUT2D eigenvalue weighted by Gasteiger charge is 2.11. The van der Waals surface area contributed by atoms with Gasteiger partial charge in [0.15, 0.2) is 0 Å². The van der Waals surface area contributed by atoms with Gasteiger partial charge in [-0.3, -0.25) is 0 Å². The lowest BCUT2D eigenvalue weighted by Gasteiger charge is -2.14. The summed E-state index contributed by atoms with van der Waals surface area (Å²) in [6.07, 6.45) is 6.42. The van der Waals surface area contributed by atoms with Crippen molar-refractivity contribution in [3.8, 4) is 29.2 Å². The normalized spacial score (nSPS) is 10.3. The largest absolute Gasteiger partial charge is 0.487 e. The number of halogens is 1. The molecule has 26 heavy (non-hydrogen) atoms. The quantitative estimate of drug-likeness (QED) is 0.466. The molecule has 0 saturated heterocycles. The zero-order chi connectivity index (χ0) is 18.5. The van der Waals surface area contributed by atoms with Crippen LogP contribution in [-0.2, 0) is 13.0 Å². The number of hydrogen-bond acceptors (Lipinski definition) is 2. The Bertz CT molecular complexity index is 958. The molecule has 3 rings (SSSR count). The molecule has 0 amide bonds. The van der Waals surface area contributed by atoms with E-state index in [0.29, 0.717) is 23.1 Å². The Balaban J connectivity index is 1.86. The molecule has 0 unspecified atom stereocenters. The highest BCUT2D eigenvalue weighted by molar-refractivity contribution is 6.34. The van der Waals surface area contributed by atoms with E-state index in [9.17, 15) is 0 Å². The first-order valence-corrected chi connectivity index (χ1v) is 8.86. The standard InChI is InChI=1S/C23H20ClNO/c1-3-16-13-21(25)22(14-17(16)4-2)26-15-19-11-8-12-20(23(19)24)18-9-6-5-7-10-18/h2,5-14H,3,15,25H2,1H3. The van der Waals surface area contributed by atoms with Crippen LogP contribution >= 0.6 is 11.6 Å². The van der Waals surface area contributed by atoms with Crippen molar-refractivity contribution >= 4 is 17.3 Å². The Labute approximate surface area is 159 Å². The molecule has 2 N–H and O–H groups in total. The maximum Gasteiger partial charge on any atom is 0.143 e. The van der Waals surface area contributed by atoms with Gasteiger partial charge < -0.3 is 10.5 Å². The van der Waals surface area contributed by atoms with Gasteiger partial charge in [-0.05, 0) is 29.7 Å². The number of rotatable bonds is 5. The zero-order valence-electron chi connectivity index (χ0n) is 14.6. The van der Waals surface area contributed by atoms with Crippen molar-refractivity contribution in [2.45, 2.75) is 20.0 Å². The Morgan fingerprint density at radius 2 is 1.81 bits per heavy atom. The molecule has 0 atom stereocenters. The van der Waals surface area contributed by atoms with Gasteiger partial charge in [0.2, 0.25) is 0 Å². The van der Waals surface area contributed by atoms with Crippen LogP contribution < -0.4 is 10.5 Å². The number of nitrogen functional groups attached to an aromatic ring is 1. The third-order valence-electron chi connectivity index (χ3n) is 4.32. The molecule has 0 aromatic heterocycles. The first-order chi connectivity index (χ1) is 12.6. The molecule has 0 heterocycles. The van der Waals surface area contributed by atoms with Crippen molar-refractivity contribution in [3.63, 3.8) is 0 Å². The topological polar surface area (TPSA) is 35.2 Å². The average molecular weight is 362 g/mol. The maximum absolute atomic E-state index is 6.61. The summed E-state index contributed by atoms with van der Waals surface area (Å²) >= 11 is 6.61. The summed E-state index contributed by atoms with van der Waals surface area (Å²) in [5.41, 5.74) is 11.5. The van der Waals surface area contributed by atoms with Gasteiger partial charge in [-0.2, -0.15) is 0 Å². The summed E-state index contributed by atoms with van der Waals surface area (Å²) in [7, 11) is 0. The summed E-state index contributed by atoms with van der Waals surface area (Å²) < 4.78 is 5.93. The van der Waals surface area contributed by atoms with Gasteiger partial charge in [0.1, 0.15) is 12.4 Å². The van der Waals surface area contributed by atoms with Crippen molar-refractivity contribution in [2.75, 3.05) is 5.73 Å². The fourth-order valence-electron chi connectivity index (χ4n) is 2.88. The third kappa shape index (κ3) is 3.69. The zero-order valence-corrected chi connectivity index (χ0v) is 15.4. The van der Waals surface area contributed by atoms with Crippen LogP contribution in [-0.4, -0.2) is 0 Å². The van der Waals surface area contributed by atoms with Crippen LogP contribution in [0.3, 0.4) is 0 Å². The van der Waals surface area contributed by atoms with Gasteiger partial charge in [-0.25, -0.2) is 0 Å². The van der Waals surface area contributed by atoms with Crippen molar-refractivity contribution in [1.82, 2.24) is 0 Å². The minimum atomic E-state index is 0.319. The second kappa shape index (κ2) is 7.99. The van der Waals surface area contributed by atoms with Crippen LogP contribution in [0.4, 0.5) is 5.69 Å². The minimum absolute atomic E-state index is 0.319. The van der Waals surface area contributed by atoms with Gasteiger partial charge in [0.25, 0.3) is 0 Å². The molecule has 0 saturated carbocycles. The van der Waals surface area contributed by atoms with E-state index in [4.69, 9.17) is 28.5 Å². The number of nitrogens with two attached hydrogens (primary N) is 1. The monoisotopic (exact) mass is 361 g/mol. The molecule has 2 nitrogen and oxygen atoms in total. The molecule has 0 aliphatic heterocycles. The van der Waals surface area contributed by atoms with Crippen molar-refractivity contribution in [3.05, 3.63) is 82.4 Å². The number of anilines is 1. The van der Waals surface area contributed by atoms with E-state index in [1.807, 2.05) is 67.6 Å². The molecule has 0 radical (unpaired) electrons. The van der Waals surface area contributed by atoms with Gasteiger partial charge >= 0.3 is 0 Å². The van der Waals surface area contributed by atoms with Gasteiger partial charge in [-0.15, -0.1) is 6.42 Å². The number of terminal acetylenes is 1. The van der Waals surface area contributed by atoms with Crippen molar-refractivity contribution < 1.29 is 4.74 Å². The summed E-state index contributed by atoms with van der Waals surface area (Å²) in [6, 6.07) is 19.7. The Kier molecular flexibility index (Phi) is 5.51. The molecule has 0 aliphatic carbocycles. The first kappa shape index (κ1) is 17.9. The lowest BCUT2D eigenvalue weighted by molar-refractivity contribution is 0.308. The van der Waals surface area contributed by atoms with E-state index in [1.54, 1.807) is 0 Å². The SMILES string of the molecule is C#Cc1cc(OCc2cccc(-c3ccccc3)c2Cl)c(N)cc1CC. The Morgan fingerprint density at radius 1 is 1.04 bits per heavy atom. The molecular weight excluding hydrogens is 342 g/mol. The van der Waals surface area contributed by atoms with E-state index in [-0.39, 0.29) is 0 Å². The van der Waals surface area contributed by atoms with Crippen LogP contribution in [0.15, 0.2) is 60.7 Å². The molecular formula is C23H20ClNO. The highest BCUT2D eigenvalue weighted by Crippen LogP contribution is 2.32. The van der Waals surface area contributed by atoms with Gasteiger partial charge in [-0.1, -0.05) is 73.0 Å². The minimum Gasteiger partial charge on any atom is -0.487 e. The lowest BCUT2D eigenvalue weighted by atomic mass is 10.0. The molecule has 0 fully saturated rings. The van der Waals surface area contributed by atoms with E-state index >= 15 is 0 Å². The predicted molar refractivity (Wildman–Crippen MR) is 109 cm³/mol. The second-order valence-corrected chi connectivity index (χ2v) is 6.36. The maximum atomic E-state index is 6.61. The predicted octanol–water partition coefficient (Wildman–Crippen LogP) is 5.71. The molecule has 3 aromatic rings. The average Bonchev–Trinajstić information content (AvgIpc) is 2.68. The first-order valence-electron chi connectivity index (χ1n) is 8.48. The summed E-state index contributed by atoms with van der Waals surface area (Å²) in [4.78, 5) is 0. The van der Waals surface area contributed by atoms with Gasteiger partial charge in [0, 0.05) is 16.7 Å². The number of benzene rings is 3. The van der Waals surface area contributed by atoms with E-state index in [2.05, 4.69) is 5.92 Å². The summed E-state index contributed by atoms with van der Waals surface area (Å²) in [5.74, 6) is 3.27. The molecule has 0 bridgehead atoms. The Morgan fingerprint density at radius 3 is 2.50 bits per heavy atom. The molecule has 0 spiro atoms. The van der Waals surface area contributed by atoms with Crippen molar-refractivity contribution in [2.24, 2.45) is 0 Å². The highest BCUT2D eigenvalue weighted by atomic mass is 35.5. The fraction of sp³-hybridized carbons (Fsp3) is 0.130. The van der Waals surface area contributed by atoms with Crippen LogP contribution in [0.2, 0.25) is 5.02 Å². The van der Waals surface area contributed by atoms with Crippen LogP contribution in [0.5, 0.6) is 5.75 Å². The number of hydrogen-bond donors (Lipinski definition) is 1. The van der Waals surface area contributed by atoms with Crippen molar-refractivity contribution in [1.29, 1.82) is 0 Å². The molecule has 0 aliphatic rings. The van der Waals surface area contributed by atoms with Crippen LogP contribution in [0.1, 0.15) is 23.6 Å². The smallest absolute Gasteiger partial charge is 0.143 e. The third-order valence-corrected chi connectivity index (χ3v) is 4.77. The van der Waals surface area contributed by atoms with E-state index in [1.165, 1.54) is 0 Å². The van der Waals surface area contributed by atoms with E-state index in [0.717, 1.165) is 34.2 Å². The van der Waals surface area contributed by atoms with Crippen LogP contribution in [0, 0.1) is 12.3 Å².